The Labute approximate surface area is 81.8 Å². The van der Waals surface area contributed by atoms with Gasteiger partial charge in [0.2, 0.25) is 12.2 Å². The fraction of sp³-hybridized carbons (Fsp3) is 0.400. The molecule has 0 radical (unpaired) electrons. The summed E-state index contributed by atoms with van der Waals surface area (Å²) in [6.07, 6.45) is 8.19. The van der Waals surface area contributed by atoms with E-state index in [1.807, 2.05) is 13.0 Å². The van der Waals surface area contributed by atoms with Crippen LogP contribution in [0.2, 0.25) is 0 Å². The van der Waals surface area contributed by atoms with Crippen molar-refractivity contribution in [1.82, 2.24) is 0 Å². The minimum absolute atomic E-state index is 0.0783. The zero-order valence-electron chi connectivity index (χ0n) is 8.02. The maximum absolute atomic E-state index is 10.2. The summed E-state index contributed by atoms with van der Waals surface area (Å²) in [5.41, 5.74) is -0.189. The van der Waals surface area contributed by atoms with Crippen LogP contribution in [0.15, 0.2) is 33.9 Å². The van der Waals surface area contributed by atoms with E-state index in [9.17, 15) is 9.59 Å². The predicted octanol–water partition coefficient (Wildman–Crippen LogP) is 1.51. The summed E-state index contributed by atoms with van der Waals surface area (Å²) < 4.78 is 0. The van der Waals surface area contributed by atoms with Crippen molar-refractivity contribution in [2.75, 3.05) is 0 Å². The normalized spacial score (nSPS) is 29.9. The molecule has 4 nitrogen and oxygen atoms in total. The highest BCUT2D eigenvalue weighted by molar-refractivity contribution is 5.44. The fourth-order valence-corrected chi connectivity index (χ4v) is 1.27. The lowest BCUT2D eigenvalue weighted by Gasteiger charge is -2.27. The SMILES string of the molecule is CC1C=CC(N=C=O)=CC1(C)N=C=O. The van der Waals surface area contributed by atoms with Crippen molar-refractivity contribution in [3.63, 3.8) is 0 Å². The van der Waals surface area contributed by atoms with Gasteiger partial charge in [0, 0.05) is 5.92 Å². The highest BCUT2D eigenvalue weighted by atomic mass is 16.1. The third-order valence-electron chi connectivity index (χ3n) is 2.38. The number of rotatable bonds is 2. The molecule has 0 aliphatic heterocycles. The Bertz CT molecular complexity index is 385. The van der Waals surface area contributed by atoms with Gasteiger partial charge in [-0.3, -0.25) is 0 Å². The number of carbonyl (C=O) groups excluding carboxylic acids is 2. The Kier molecular flexibility index (Phi) is 2.92. The van der Waals surface area contributed by atoms with Crippen LogP contribution < -0.4 is 0 Å². The summed E-state index contributed by atoms with van der Waals surface area (Å²) >= 11 is 0. The Balaban J connectivity index is 3.13. The van der Waals surface area contributed by atoms with E-state index in [0.717, 1.165) is 0 Å². The topological polar surface area (TPSA) is 58.9 Å². The first-order chi connectivity index (χ1) is 6.62. The van der Waals surface area contributed by atoms with E-state index in [-0.39, 0.29) is 5.92 Å². The largest absolute Gasteiger partial charge is 0.240 e. The Morgan fingerprint density at radius 2 is 2.14 bits per heavy atom. The van der Waals surface area contributed by atoms with Gasteiger partial charge in [-0.1, -0.05) is 13.0 Å². The van der Waals surface area contributed by atoms with E-state index in [4.69, 9.17) is 0 Å². The minimum atomic E-state index is -0.661. The van der Waals surface area contributed by atoms with Gasteiger partial charge >= 0.3 is 0 Å². The minimum Gasteiger partial charge on any atom is -0.211 e. The summed E-state index contributed by atoms with van der Waals surface area (Å²) in [6.45, 7) is 3.71. The van der Waals surface area contributed by atoms with E-state index in [2.05, 4.69) is 9.98 Å². The average molecular weight is 190 g/mol. The van der Waals surface area contributed by atoms with E-state index in [1.54, 1.807) is 19.1 Å². The monoisotopic (exact) mass is 190 g/mol. The van der Waals surface area contributed by atoms with E-state index in [0.29, 0.717) is 5.70 Å². The Hall–Kier alpha value is -1.76. The Morgan fingerprint density at radius 1 is 1.43 bits per heavy atom. The smallest absolute Gasteiger partial charge is 0.211 e. The van der Waals surface area contributed by atoms with Crippen molar-refractivity contribution in [1.29, 1.82) is 0 Å². The first-order valence-corrected chi connectivity index (χ1v) is 4.20. The zero-order valence-corrected chi connectivity index (χ0v) is 8.02. The molecule has 0 spiro atoms. The molecule has 14 heavy (non-hydrogen) atoms. The van der Waals surface area contributed by atoms with Crippen molar-refractivity contribution in [3.8, 4) is 0 Å². The first-order valence-electron chi connectivity index (χ1n) is 4.20. The number of hydrogen-bond acceptors (Lipinski definition) is 4. The molecule has 1 rings (SSSR count). The second-order valence-corrected chi connectivity index (χ2v) is 3.35. The molecule has 2 unspecified atom stereocenters. The molecule has 1 aliphatic carbocycles. The molecule has 0 N–H and O–H groups in total. The summed E-state index contributed by atoms with van der Waals surface area (Å²) in [4.78, 5) is 27.5. The van der Waals surface area contributed by atoms with Gasteiger partial charge in [0.25, 0.3) is 0 Å². The van der Waals surface area contributed by atoms with Gasteiger partial charge in [-0.05, 0) is 19.1 Å². The van der Waals surface area contributed by atoms with E-state index >= 15 is 0 Å². The van der Waals surface area contributed by atoms with Gasteiger partial charge in [-0.15, -0.1) is 0 Å². The van der Waals surface area contributed by atoms with Crippen LogP contribution in [-0.4, -0.2) is 17.7 Å². The lowest BCUT2D eigenvalue weighted by molar-refractivity contribution is 0.448. The molecule has 2 atom stereocenters. The summed E-state index contributed by atoms with van der Waals surface area (Å²) in [7, 11) is 0. The molecule has 0 bridgehead atoms. The molecule has 0 amide bonds. The summed E-state index contributed by atoms with van der Waals surface area (Å²) in [6, 6.07) is 0. The van der Waals surface area contributed by atoms with Crippen molar-refractivity contribution in [2.45, 2.75) is 19.4 Å². The highest BCUT2D eigenvalue weighted by Crippen LogP contribution is 2.30. The maximum atomic E-state index is 10.2. The van der Waals surface area contributed by atoms with Gasteiger partial charge in [-0.25, -0.2) is 9.59 Å². The molecule has 4 heteroatoms. The van der Waals surface area contributed by atoms with Gasteiger partial charge in [-0.2, -0.15) is 9.98 Å². The molecule has 1 aliphatic rings. The van der Waals surface area contributed by atoms with Crippen LogP contribution >= 0.6 is 0 Å². The molecule has 0 aromatic rings. The second kappa shape index (κ2) is 3.97. The van der Waals surface area contributed by atoms with Crippen LogP contribution in [0.1, 0.15) is 13.8 Å². The van der Waals surface area contributed by atoms with Crippen molar-refractivity contribution < 1.29 is 9.59 Å². The molecule has 0 heterocycles. The summed E-state index contributed by atoms with van der Waals surface area (Å²) in [5, 5.41) is 0. The lowest BCUT2D eigenvalue weighted by Crippen LogP contribution is -2.29. The molecular formula is C10H10N2O2. The number of hydrogen-bond donors (Lipinski definition) is 0. The third-order valence-corrected chi connectivity index (χ3v) is 2.38. The lowest BCUT2D eigenvalue weighted by atomic mass is 9.83. The van der Waals surface area contributed by atoms with Gasteiger partial charge in [0.1, 0.15) is 0 Å². The van der Waals surface area contributed by atoms with Crippen LogP contribution in [0.25, 0.3) is 0 Å². The number of isocyanates is 2. The van der Waals surface area contributed by atoms with Crippen LogP contribution in [-0.2, 0) is 9.59 Å². The first kappa shape index (κ1) is 10.3. The highest BCUT2D eigenvalue weighted by Gasteiger charge is 2.29. The van der Waals surface area contributed by atoms with E-state index in [1.165, 1.54) is 12.2 Å². The fourth-order valence-electron chi connectivity index (χ4n) is 1.27. The second-order valence-electron chi connectivity index (χ2n) is 3.35. The van der Waals surface area contributed by atoms with Crippen LogP contribution in [0, 0.1) is 5.92 Å². The number of allylic oxidation sites excluding steroid dienone is 1. The predicted molar refractivity (Wildman–Crippen MR) is 51.0 cm³/mol. The number of nitrogens with zero attached hydrogens (tertiary/aromatic N) is 2. The molecule has 72 valence electrons. The zero-order chi connectivity index (χ0) is 10.6. The molecule has 0 aromatic heterocycles. The van der Waals surface area contributed by atoms with Gasteiger partial charge in [0.15, 0.2) is 0 Å². The maximum Gasteiger partial charge on any atom is 0.240 e. The van der Waals surface area contributed by atoms with Crippen LogP contribution in [0.4, 0.5) is 0 Å². The quantitative estimate of drug-likeness (QED) is 0.489. The van der Waals surface area contributed by atoms with Crippen LogP contribution in [0.3, 0.4) is 0 Å². The third kappa shape index (κ3) is 1.94. The van der Waals surface area contributed by atoms with Crippen LogP contribution in [0.5, 0.6) is 0 Å². The molecule has 0 aromatic carbocycles. The Morgan fingerprint density at radius 3 is 2.71 bits per heavy atom. The van der Waals surface area contributed by atoms with Gasteiger partial charge < -0.3 is 0 Å². The molecule has 0 saturated carbocycles. The average Bonchev–Trinajstić information content (AvgIpc) is 2.12. The van der Waals surface area contributed by atoms with Crippen molar-refractivity contribution >= 4 is 12.2 Å². The molecule has 0 saturated heterocycles. The molecule has 0 fully saturated rings. The number of aliphatic imine (C=N–C) groups is 2. The molecular weight excluding hydrogens is 180 g/mol. The van der Waals surface area contributed by atoms with E-state index < -0.39 is 5.54 Å². The van der Waals surface area contributed by atoms with Crippen molar-refractivity contribution in [3.05, 3.63) is 23.9 Å². The standard InChI is InChI=1S/C10H10N2O2/c1-8-3-4-9(11-6-13)5-10(8,2)12-7-14/h3-5,8H,1-2H3. The van der Waals surface area contributed by atoms with Crippen molar-refractivity contribution in [2.24, 2.45) is 15.9 Å². The van der Waals surface area contributed by atoms with Gasteiger partial charge in [0.05, 0.1) is 11.2 Å². The summed E-state index contributed by atoms with van der Waals surface area (Å²) in [5.74, 6) is 0.0783.